The van der Waals surface area contributed by atoms with E-state index in [2.05, 4.69) is 9.56 Å². The lowest BCUT2D eigenvalue weighted by Gasteiger charge is -2.24. The van der Waals surface area contributed by atoms with Crippen molar-refractivity contribution in [3.05, 3.63) is 29.3 Å². The van der Waals surface area contributed by atoms with E-state index < -0.39 is 15.6 Å². The molecule has 0 atom stereocenters. The van der Waals surface area contributed by atoms with Crippen molar-refractivity contribution in [2.24, 2.45) is 5.90 Å². The summed E-state index contributed by atoms with van der Waals surface area (Å²) in [7, 11) is -3.63. The lowest BCUT2D eigenvalue weighted by Crippen LogP contribution is -2.47. The monoisotopic (exact) mass is 278 g/mol. The Morgan fingerprint density at radius 3 is 2.65 bits per heavy atom. The second-order valence-corrected chi connectivity index (χ2v) is 6.38. The largest absolute Gasteiger partial charge is 0.303 e. The summed E-state index contributed by atoms with van der Waals surface area (Å²) < 4.78 is 26.5. The van der Waals surface area contributed by atoms with Crippen LogP contribution >= 0.6 is 11.6 Å². The smallest absolute Gasteiger partial charge is 0.241 e. The van der Waals surface area contributed by atoms with E-state index in [0.29, 0.717) is 5.02 Å². The van der Waals surface area contributed by atoms with Crippen LogP contribution in [0, 0.1) is 0 Å². The summed E-state index contributed by atoms with van der Waals surface area (Å²) in [5.41, 5.74) is -0.796. The molecule has 0 amide bonds. The molecule has 0 spiro atoms. The van der Waals surface area contributed by atoms with Crippen LogP contribution in [0.25, 0.3) is 0 Å². The number of nitrogens with one attached hydrogen (secondary N) is 1. The fraction of sp³-hybridized carbons (Fsp3) is 0.400. The standard InChI is InChI=1S/C10H15ClN2O3S/c1-10(2,7-16-12)13-17(14,15)9-5-3-4-8(11)6-9/h3-6,13H,7,12H2,1-2H3. The van der Waals surface area contributed by atoms with Gasteiger partial charge in [0.2, 0.25) is 10.0 Å². The Morgan fingerprint density at radius 1 is 1.47 bits per heavy atom. The summed E-state index contributed by atoms with van der Waals surface area (Å²) in [4.78, 5) is 4.57. The minimum Gasteiger partial charge on any atom is -0.303 e. The van der Waals surface area contributed by atoms with E-state index in [0.717, 1.165) is 0 Å². The van der Waals surface area contributed by atoms with Crippen molar-refractivity contribution >= 4 is 21.6 Å². The predicted octanol–water partition coefficient (Wildman–Crippen LogP) is 1.29. The number of hydrogen-bond donors (Lipinski definition) is 2. The van der Waals surface area contributed by atoms with Crippen LogP contribution in [0.2, 0.25) is 5.02 Å². The molecule has 7 heteroatoms. The molecule has 0 heterocycles. The second kappa shape index (κ2) is 5.32. The summed E-state index contributed by atoms with van der Waals surface area (Å²) >= 11 is 5.75. The highest BCUT2D eigenvalue weighted by atomic mass is 35.5. The van der Waals surface area contributed by atoms with Crippen molar-refractivity contribution < 1.29 is 13.3 Å². The van der Waals surface area contributed by atoms with Gasteiger partial charge in [-0.15, -0.1) is 0 Å². The lowest BCUT2D eigenvalue weighted by atomic mass is 10.1. The van der Waals surface area contributed by atoms with Gasteiger partial charge in [0.1, 0.15) is 0 Å². The molecule has 3 N–H and O–H groups in total. The quantitative estimate of drug-likeness (QED) is 0.795. The molecule has 0 fully saturated rings. The first-order valence-corrected chi connectivity index (χ1v) is 6.74. The van der Waals surface area contributed by atoms with E-state index in [4.69, 9.17) is 17.5 Å². The minimum absolute atomic E-state index is 0.0623. The molecule has 0 saturated carbocycles. The molecule has 17 heavy (non-hydrogen) atoms. The van der Waals surface area contributed by atoms with Crippen LogP contribution in [0.5, 0.6) is 0 Å². The number of nitrogens with two attached hydrogens (primary N) is 1. The minimum atomic E-state index is -3.63. The molecule has 0 aliphatic rings. The van der Waals surface area contributed by atoms with Crippen molar-refractivity contribution in [3.63, 3.8) is 0 Å². The zero-order valence-corrected chi connectivity index (χ0v) is 11.2. The van der Waals surface area contributed by atoms with E-state index in [1.54, 1.807) is 26.0 Å². The van der Waals surface area contributed by atoms with Gasteiger partial charge in [-0.2, -0.15) is 0 Å². The van der Waals surface area contributed by atoms with E-state index in [9.17, 15) is 8.42 Å². The van der Waals surface area contributed by atoms with Gasteiger partial charge in [0.05, 0.1) is 17.0 Å². The first-order chi connectivity index (χ1) is 7.77. The van der Waals surface area contributed by atoms with E-state index in [-0.39, 0.29) is 11.5 Å². The topological polar surface area (TPSA) is 81.4 Å². The molecule has 96 valence electrons. The SMILES string of the molecule is CC(C)(CON)NS(=O)(=O)c1cccc(Cl)c1. The normalized spacial score (nSPS) is 12.7. The van der Waals surface area contributed by atoms with Crippen LogP contribution < -0.4 is 10.6 Å². The van der Waals surface area contributed by atoms with Crippen molar-refractivity contribution in [2.75, 3.05) is 6.61 Å². The molecule has 0 aromatic heterocycles. The molecule has 0 saturated heterocycles. The molecular formula is C10H15ClN2O3S. The fourth-order valence-electron chi connectivity index (χ4n) is 1.29. The molecule has 1 aromatic rings. The summed E-state index contributed by atoms with van der Waals surface area (Å²) in [6.45, 7) is 3.40. The summed E-state index contributed by atoms with van der Waals surface area (Å²) in [6.07, 6.45) is 0. The molecular weight excluding hydrogens is 264 g/mol. The van der Waals surface area contributed by atoms with Gasteiger partial charge in [-0.05, 0) is 32.0 Å². The zero-order valence-electron chi connectivity index (χ0n) is 9.60. The molecule has 0 radical (unpaired) electrons. The van der Waals surface area contributed by atoms with Gasteiger partial charge in [-0.3, -0.25) is 0 Å². The number of benzene rings is 1. The molecule has 1 aromatic carbocycles. The highest BCUT2D eigenvalue weighted by Gasteiger charge is 2.26. The third kappa shape index (κ3) is 4.25. The van der Waals surface area contributed by atoms with Gasteiger partial charge < -0.3 is 4.84 Å². The van der Waals surface area contributed by atoms with Gasteiger partial charge in [0, 0.05) is 5.02 Å². The highest BCUT2D eigenvalue weighted by Crippen LogP contribution is 2.17. The average molecular weight is 279 g/mol. The first kappa shape index (κ1) is 14.4. The lowest BCUT2D eigenvalue weighted by molar-refractivity contribution is 0.0929. The Morgan fingerprint density at radius 2 is 2.12 bits per heavy atom. The van der Waals surface area contributed by atoms with Crippen molar-refractivity contribution in [2.45, 2.75) is 24.3 Å². The van der Waals surface area contributed by atoms with Crippen molar-refractivity contribution in [1.29, 1.82) is 0 Å². The summed E-state index contributed by atoms with van der Waals surface area (Å²) in [5, 5.41) is 0.362. The molecule has 5 nitrogen and oxygen atoms in total. The Kier molecular flexibility index (Phi) is 4.51. The van der Waals surface area contributed by atoms with Gasteiger partial charge in [-0.1, -0.05) is 17.7 Å². The Labute approximate surface area is 106 Å². The van der Waals surface area contributed by atoms with Crippen LogP contribution in [-0.2, 0) is 14.9 Å². The van der Waals surface area contributed by atoms with E-state index in [1.807, 2.05) is 0 Å². The second-order valence-electron chi connectivity index (χ2n) is 4.26. The average Bonchev–Trinajstić information content (AvgIpc) is 2.15. The maximum Gasteiger partial charge on any atom is 0.241 e. The Bertz CT molecular complexity index is 488. The Balaban J connectivity index is 2.97. The van der Waals surface area contributed by atoms with Gasteiger partial charge in [0.25, 0.3) is 0 Å². The maximum atomic E-state index is 12.0. The first-order valence-electron chi connectivity index (χ1n) is 4.88. The van der Waals surface area contributed by atoms with Crippen LogP contribution in [0.3, 0.4) is 0 Å². The maximum absolute atomic E-state index is 12.0. The molecule has 0 unspecified atom stereocenters. The molecule has 0 bridgehead atoms. The molecule has 0 aliphatic carbocycles. The van der Waals surface area contributed by atoms with Crippen LogP contribution in [0.1, 0.15) is 13.8 Å². The van der Waals surface area contributed by atoms with Gasteiger partial charge >= 0.3 is 0 Å². The van der Waals surface area contributed by atoms with Crippen molar-refractivity contribution in [3.8, 4) is 0 Å². The number of halogens is 1. The molecule has 1 rings (SSSR count). The fourth-order valence-corrected chi connectivity index (χ4v) is 2.99. The summed E-state index contributed by atoms with van der Waals surface area (Å²) in [5.74, 6) is 4.94. The Hall–Kier alpha value is -0.660. The third-order valence-corrected chi connectivity index (χ3v) is 3.89. The van der Waals surface area contributed by atoms with E-state index >= 15 is 0 Å². The highest BCUT2D eigenvalue weighted by molar-refractivity contribution is 7.89. The zero-order chi connectivity index (χ0) is 13.1. The predicted molar refractivity (Wildman–Crippen MR) is 66.0 cm³/mol. The number of sulfonamides is 1. The van der Waals surface area contributed by atoms with Gasteiger partial charge in [-0.25, -0.2) is 19.0 Å². The van der Waals surface area contributed by atoms with Crippen LogP contribution in [-0.4, -0.2) is 20.6 Å². The van der Waals surface area contributed by atoms with E-state index in [1.165, 1.54) is 12.1 Å². The number of rotatable bonds is 5. The van der Waals surface area contributed by atoms with Crippen LogP contribution in [0.4, 0.5) is 0 Å². The van der Waals surface area contributed by atoms with Gasteiger partial charge in [0.15, 0.2) is 0 Å². The van der Waals surface area contributed by atoms with Crippen LogP contribution in [0.15, 0.2) is 29.2 Å². The summed E-state index contributed by atoms with van der Waals surface area (Å²) in [6, 6.07) is 6.02. The number of hydrogen-bond acceptors (Lipinski definition) is 4. The van der Waals surface area contributed by atoms with Crippen molar-refractivity contribution in [1.82, 2.24) is 4.72 Å². The third-order valence-electron chi connectivity index (χ3n) is 1.96. The molecule has 0 aliphatic heterocycles.